The minimum Gasteiger partial charge on any atom is -0.872 e. The second-order valence-electron chi connectivity index (χ2n) is 34.8. The molecule has 0 spiro atoms. The van der Waals surface area contributed by atoms with Crippen molar-refractivity contribution in [2.24, 2.45) is 27.4 Å². The predicted molar refractivity (Wildman–Crippen MR) is 415 cm³/mol. The van der Waals surface area contributed by atoms with Gasteiger partial charge in [-0.1, -0.05) is 373 Å². The molecule has 2 N–H and O–H groups in total. The van der Waals surface area contributed by atoms with Crippen LogP contribution in [0.4, 0.5) is 0 Å². The molecule has 0 amide bonds. The summed E-state index contributed by atoms with van der Waals surface area (Å²) in [6.45, 7) is 52.2. The van der Waals surface area contributed by atoms with E-state index in [0.717, 1.165) is 54.5 Å². The van der Waals surface area contributed by atoms with Crippen LogP contribution in [0.1, 0.15) is 308 Å². The van der Waals surface area contributed by atoms with Crippen LogP contribution in [-0.4, -0.2) is 6.54 Å². The van der Waals surface area contributed by atoms with E-state index in [2.05, 4.69) is 208 Å². The average molecular weight is 1480 g/mol. The van der Waals surface area contributed by atoms with E-state index in [9.17, 15) is 20.4 Å². The summed E-state index contributed by atoms with van der Waals surface area (Å²) in [6, 6.07) is 40.5. The number of nitrogens with two attached hydrogens (primary N) is 1. The number of hydrogen-bond donors (Lipinski definition) is 1. The van der Waals surface area contributed by atoms with Gasteiger partial charge in [0.1, 0.15) is 0 Å². The van der Waals surface area contributed by atoms with Crippen LogP contribution in [0.15, 0.2) is 151 Å². The molecule has 0 atom stereocenters. The molecule has 0 heterocycles. The van der Waals surface area contributed by atoms with E-state index >= 15 is 0 Å². The monoisotopic (exact) mass is 1480 g/mol. The van der Waals surface area contributed by atoms with Crippen LogP contribution in [0.5, 0.6) is 23.0 Å². The average Bonchev–Trinajstić information content (AvgIpc) is 0.807. The topological polar surface area (TPSA) is 118 Å². The first kappa shape index (κ1) is 92.5. The third kappa shape index (κ3) is 35.1. The van der Waals surface area contributed by atoms with E-state index in [-0.39, 0.29) is 99.3 Å². The third-order valence-electron chi connectivity index (χ3n) is 17.6. The van der Waals surface area contributed by atoms with Crippen molar-refractivity contribution in [1.29, 1.82) is 0 Å². The first-order valence-electron chi connectivity index (χ1n) is 36.7. The van der Waals surface area contributed by atoms with E-state index in [1.54, 1.807) is 24.3 Å². The Hall–Kier alpha value is -3.48. The normalized spacial score (nSPS) is 12.2. The van der Waals surface area contributed by atoms with Gasteiger partial charge in [-0.15, -0.1) is 0 Å². The molecular weight excluding hydrogens is 1350 g/mol. The fourth-order valence-electron chi connectivity index (χ4n) is 14.1. The minimum atomic E-state index is -0.0574. The summed E-state index contributed by atoms with van der Waals surface area (Å²) in [5.41, 5.74) is 13.3. The first-order valence-corrected chi connectivity index (χ1v) is 39.2. The summed E-state index contributed by atoms with van der Waals surface area (Å²) in [5, 5.41) is 50.6. The van der Waals surface area contributed by atoms with Crippen molar-refractivity contribution >= 4 is 35.3 Å². The molecule has 98 heavy (non-hydrogen) atoms. The van der Waals surface area contributed by atoms with Crippen molar-refractivity contribution in [3.63, 3.8) is 0 Å². The Morgan fingerprint density at radius 3 is 0.735 bits per heavy atom. The maximum absolute atomic E-state index is 12.6. The van der Waals surface area contributed by atoms with Gasteiger partial charge in [0.05, 0.1) is 0 Å². The zero-order chi connectivity index (χ0) is 72.4. The summed E-state index contributed by atoms with van der Waals surface area (Å²) in [5.74, 6) is -0.115. The Morgan fingerprint density at radius 1 is 0.286 bits per heavy atom. The molecule has 6 aromatic carbocycles. The zero-order valence-electron chi connectivity index (χ0n) is 65.5. The van der Waals surface area contributed by atoms with Crippen molar-refractivity contribution in [1.82, 2.24) is 0 Å². The maximum Gasteiger partial charge on any atom is 2.00 e. The molecule has 0 radical (unpaired) electrons. The zero-order valence-corrected chi connectivity index (χ0v) is 69.9. The van der Waals surface area contributed by atoms with Crippen LogP contribution >= 0.6 is 35.3 Å². The van der Waals surface area contributed by atoms with Crippen molar-refractivity contribution < 1.29 is 53.4 Å². The first-order chi connectivity index (χ1) is 44.6. The number of unbranched alkanes of at least 4 members (excludes halogenated alkanes) is 11. The van der Waals surface area contributed by atoms with Crippen molar-refractivity contribution in [2.45, 2.75) is 339 Å². The molecule has 10 heteroatoms. The van der Waals surface area contributed by atoms with Crippen LogP contribution in [0, 0.1) is 21.7 Å². The van der Waals surface area contributed by atoms with Crippen LogP contribution in [-0.2, 0) is 67.5 Å². The molecule has 0 bridgehead atoms. The number of aryl methyl sites for hydroxylation is 2. The smallest absolute Gasteiger partial charge is 0.872 e. The second-order valence-corrected chi connectivity index (χ2v) is 38.1. The van der Waals surface area contributed by atoms with E-state index in [1.165, 1.54) is 147 Å². The SMILES string of the molecule is CC(C)(C)CC(C)(C)c1ccc([O-])c(Sc2cc(C(C)(C)CC(C)(C)C)ccc2[O-])c1.CC(C)(C)CC(C)(C)c1ccc([O-])c(Sc2cc(C(C)(C)CC(C)(C)C)ccc2[O-])c1.CCCCCCCCc1ccccc1Sc1ccccc1CCCCCCCC.CCCCN.[Ni+2].[Ni+2]. The van der Waals surface area contributed by atoms with Crippen molar-refractivity contribution in [2.75, 3.05) is 6.54 Å². The molecule has 0 unspecified atom stereocenters. The summed E-state index contributed by atoms with van der Waals surface area (Å²) in [7, 11) is 0. The summed E-state index contributed by atoms with van der Waals surface area (Å²) < 4.78 is 0. The molecular formula is C88H133NNi2O4S3. The van der Waals surface area contributed by atoms with E-state index in [1.807, 2.05) is 60.3 Å². The van der Waals surface area contributed by atoms with Gasteiger partial charge in [-0.05, 0) is 177 Å². The Morgan fingerprint density at radius 2 is 0.510 bits per heavy atom. The van der Waals surface area contributed by atoms with Gasteiger partial charge in [-0.25, -0.2) is 0 Å². The molecule has 0 fully saturated rings. The van der Waals surface area contributed by atoms with E-state index in [4.69, 9.17) is 5.73 Å². The summed E-state index contributed by atoms with van der Waals surface area (Å²) in [4.78, 5) is 5.42. The standard InChI is InChI=1S/2C28H42O2S.C28H42S.C4H11N.2Ni/c2*1-25(2,3)17-27(7,8)19-11-13-21(29)23(15-19)31-24-16-20(12-14-22(24)30)28(9,10)18-26(4,5)6;1-3-5-7-9-11-13-19-25-21-15-17-23-27(25)29-28-24-18-16-22-26(28)20-14-12-10-8-6-4-2;1-2-3-4-5;;/h2*11-16,29-30H,17-18H2,1-10H3;15-18,21-24H,3-14,19-20H2,1-2H3;2-5H2,1H3;;/q;;;;2*+2/p-4. The predicted octanol–water partition coefficient (Wildman–Crippen LogP) is 25.2. The van der Waals surface area contributed by atoms with Gasteiger partial charge in [0.15, 0.2) is 0 Å². The van der Waals surface area contributed by atoms with Crippen LogP contribution in [0.25, 0.3) is 0 Å². The molecule has 6 rings (SSSR count). The molecule has 6 aromatic rings. The molecule has 0 aromatic heterocycles. The number of benzene rings is 6. The maximum atomic E-state index is 12.6. The Balaban J connectivity index is 0.000000702. The molecule has 0 aliphatic rings. The molecule has 0 saturated carbocycles. The summed E-state index contributed by atoms with van der Waals surface area (Å²) in [6.07, 6.45) is 25.3. The van der Waals surface area contributed by atoms with Gasteiger partial charge >= 0.3 is 33.0 Å². The van der Waals surface area contributed by atoms with Gasteiger partial charge in [0.2, 0.25) is 0 Å². The summed E-state index contributed by atoms with van der Waals surface area (Å²) >= 11 is 4.61. The fourth-order valence-corrected chi connectivity index (χ4v) is 17.1. The van der Waals surface area contributed by atoms with Crippen LogP contribution in [0.3, 0.4) is 0 Å². The van der Waals surface area contributed by atoms with Gasteiger partial charge in [0.25, 0.3) is 0 Å². The quantitative estimate of drug-likeness (QED) is 0.0350. The van der Waals surface area contributed by atoms with Crippen LogP contribution in [0.2, 0.25) is 0 Å². The van der Waals surface area contributed by atoms with E-state index in [0.29, 0.717) is 19.6 Å². The minimum absolute atomic E-state index is 0. The van der Waals surface area contributed by atoms with Crippen LogP contribution < -0.4 is 26.2 Å². The number of hydrogen-bond acceptors (Lipinski definition) is 8. The molecule has 0 aliphatic heterocycles. The van der Waals surface area contributed by atoms with Gasteiger partial charge in [-0.2, -0.15) is 0 Å². The Bertz CT molecular complexity index is 2870. The third-order valence-corrected chi connectivity index (χ3v) is 20.9. The molecule has 552 valence electrons. The molecule has 0 aliphatic carbocycles. The molecule has 0 saturated heterocycles. The fraction of sp³-hybridized carbons (Fsp3) is 0.591. The van der Waals surface area contributed by atoms with Gasteiger partial charge in [0, 0.05) is 29.4 Å². The van der Waals surface area contributed by atoms with E-state index < -0.39 is 0 Å². The van der Waals surface area contributed by atoms with Crippen molar-refractivity contribution in [3.8, 4) is 23.0 Å². The number of rotatable bonds is 30. The van der Waals surface area contributed by atoms with Crippen molar-refractivity contribution in [3.05, 3.63) is 155 Å². The largest absolute Gasteiger partial charge is 2.00 e. The van der Waals surface area contributed by atoms with Gasteiger partial charge in [-0.3, -0.25) is 0 Å². The van der Waals surface area contributed by atoms with Gasteiger partial charge < -0.3 is 26.2 Å². The second kappa shape index (κ2) is 42.9. The Labute approximate surface area is 634 Å². The Kier molecular flexibility index (Phi) is 40.6. The molecule has 5 nitrogen and oxygen atoms in total.